The third-order valence-electron chi connectivity index (χ3n) is 3.76. The van der Waals surface area contributed by atoms with Crippen LogP contribution >= 0.6 is 11.3 Å². The fourth-order valence-electron chi connectivity index (χ4n) is 2.51. The molecule has 0 unspecified atom stereocenters. The van der Waals surface area contributed by atoms with E-state index in [1.54, 1.807) is 0 Å². The van der Waals surface area contributed by atoms with Gasteiger partial charge in [0.2, 0.25) is 0 Å². The van der Waals surface area contributed by atoms with Gasteiger partial charge in [0.25, 0.3) is 5.91 Å². The monoisotopic (exact) mass is 302 g/mol. The summed E-state index contributed by atoms with van der Waals surface area (Å²) in [4.78, 5) is 19.7. The molecule has 1 aliphatic heterocycles. The van der Waals surface area contributed by atoms with Gasteiger partial charge in [-0.05, 0) is 19.8 Å². The highest BCUT2D eigenvalue weighted by molar-refractivity contribution is 7.17. The average molecular weight is 302 g/mol. The Morgan fingerprint density at radius 2 is 1.95 bits per heavy atom. The van der Waals surface area contributed by atoms with Gasteiger partial charge in [-0.3, -0.25) is 4.79 Å². The number of likely N-dealkylation sites (tertiary alicyclic amines) is 1. The van der Waals surface area contributed by atoms with Crippen molar-refractivity contribution in [2.45, 2.75) is 25.9 Å². The Balaban J connectivity index is 1.83. The molecule has 0 bridgehead atoms. The minimum Gasteiger partial charge on any atom is -0.393 e. The summed E-state index contributed by atoms with van der Waals surface area (Å²) in [5.74, 6) is 0.0408. The third kappa shape index (κ3) is 2.99. The molecule has 0 saturated carbocycles. The fourth-order valence-corrected chi connectivity index (χ4v) is 3.55. The number of aryl methyl sites for hydroxylation is 1. The summed E-state index contributed by atoms with van der Waals surface area (Å²) in [6.07, 6.45) is 1.06. The number of piperidine rings is 1. The number of aromatic nitrogens is 1. The van der Waals surface area contributed by atoms with E-state index in [1.165, 1.54) is 11.3 Å². The maximum Gasteiger partial charge on any atom is 0.265 e. The number of rotatable bonds is 2. The molecule has 1 aromatic heterocycles. The lowest BCUT2D eigenvalue weighted by molar-refractivity contribution is 0.0550. The van der Waals surface area contributed by atoms with Gasteiger partial charge in [0.15, 0.2) is 0 Å². The molecule has 1 fully saturated rings. The number of benzene rings is 1. The van der Waals surface area contributed by atoms with Crippen molar-refractivity contribution >= 4 is 17.2 Å². The second kappa shape index (κ2) is 5.95. The summed E-state index contributed by atoms with van der Waals surface area (Å²) in [7, 11) is 0. The molecule has 1 N–H and O–H groups in total. The van der Waals surface area contributed by atoms with E-state index < -0.39 is 0 Å². The fraction of sp³-hybridized carbons (Fsp3) is 0.375. The van der Waals surface area contributed by atoms with Crippen LogP contribution in [0.5, 0.6) is 0 Å². The van der Waals surface area contributed by atoms with Crippen LogP contribution in [0.1, 0.15) is 28.2 Å². The first-order valence-corrected chi connectivity index (χ1v) is 7.97. The van der Waals surface area contributed by atoms with E-state index in [0.717, 1.165) is 16.3 Å². The van der Waals surface area contributed by atoms with Crippen LogP contribution < -0.4 is 0 Å². The molecule has 1 aliphatic rings. The van der Waals surface area contributed by atoms with E-state index in [2.05, 4.69) is 4.98 Å². The van der Waals surface area contributed by atoms with Crippen molar-refractivity contribution in [3.05, 3.63) is 40.9 Å². The molecule has 5 heteroatoms. The van der Waals surface area contributed by atoms with Crippen molar-refractivity contribution in [2.75, 3.05) is 13.1 Å². The normalized spacial score (nSPS) is 16.2. The largest absolute Gasteiger partial charge is 0.393 e. The van der Waals surface area contributed by atoms with Gasteiger partial charge < -0.3 is 10.0 Å². The van der Waals surface area contributed by atoms with Crippen molar-refractivity contribution in [3.63, 3.8) is 0 Å². The van der Waals surface area contributed by atoms with Gasteiger partial charge in [0.1, 0.15) is 9.88 Å². The maximum atomic E-state index is 12.6. The molecule has 1 saturated heterocycles. The van der Waals surface area contributed by atoms with Crippen LogP contribution in [0.2, 0.25) is 0 Å². The Morgan fingerprint density at radius 3 is 2.62 bits per heavy atom. The molecule has 2 aromatic rings. The minimum atomic E-state index is -0.267. The van der Waals surface area contributed by atoms with Crippen LogP contribution in [0.3, 0.4) is 0 Å². The average Bonchev–Trinajstić information content (AvgIpc) is 2.90. The highest BCUT2D eigenvalue weighted by Gasteiger charge is 2.25. The zero-order valence-electron chi connectivity index (χ0n) is 12.0. The van der Waals surface area contributed by atoms with Crippen LogP contribution in [0.15, 0.2) is 30.3 Å². The van der Waals surface area contributed by atoms with Gasteiger partial charge in [-0.1, -0.05) is 30.3 Å². The van der Waals surface area contributed by atoms with Gasteiger partial charge in [-0.25, -0.2) is 4.98 Å². The van der Waals surface area contributed by atoms with Crippen LogP contribution in [0.4, 0.5) is 0 Å². The van der Waals surface area contributed by atoms with Gasteiger partial charge in [0.05, 0.1) is 11.8 Å². The number of nitrogens with zero attached hydrogens (tertiary/aromatic N) is 2. The first-order chi connectivity index (χ1) is 10.1. The molecule has 3 rings (SSSR count). The summed E-state index contributed by atoms with van der Waals surface area (Å²) in [6, 6.07) is 9.92. The van der Waals surface area contributed by atoms with E-state index in [1.807, 2.05) is 42.2 Å². The Morgan fingerprint density at radius 1 is 1.29 bits per heavy atom. The molecule has 1 amide bonds. The van der Waals surface area contributed by atoms with Crippen molar-refractivity contribution in [3.8, 4) is 10.6 Å². The molecule has 21 heavy (non-hydrogen) atoms. The summed E-state index contributed by atoms with van der Waals surface area (Å²) in [5, 5.41) is 10.4. The second-order valence-electron chi connectivity index (χ2n) is 5.32. The standard InChI is InChI=1S/C16H18N2O2S/c1-11-14(16(20)18-9-7-13(19)8-10-18)21-15(17-11)12-5-3-2-4-6-12/h2-6,13,19H,7-10H2,1H3. The highest BCUT2D eigenvalue weighted by atomic mass is 32.1. The molecular weight excluding hydrogens is 284 g/mol. The minimum absolute atomic E-state index is 0.0408. The Bertz CT molecular complexity index is 631. The lowest BCUT2D eigenvalue weighted by Gasteiger charge is -2.29. The molecule has 0 aliphatic carbocycles. The van der Waals surface area contributed by atoms with Gasteiger partial charge in [-0.2, -0.15) is 0 Å². The van der Waals surface area contributed by atoms with E-state index >= 15 is 0 Å². The smallest absolute Gasteiger partial charge is 0.265 e. The summed E-state index contributed by atoms with van der Waals surface area (Å²) >= 11 is 1.45. The Kier molecular flexibility index (Phi) is 4.03. The zero-order valence-corrected chi connectivity index (χ0v) is 12.8. The lowest BCUT2D eigenvalue weighted by Crippen LogP contribution is -2.39. The van der Waals surface area contributed by atoms with Crippen molar-refractivity contribution < 1.29 is 9.90 Å². The number of carbonyl (C=O) groups excluding carboxylic acids is 1. The highest BCUT2D eigenvalue weighted by Crippen LogP contribution is 2.29. The van der Waals surface area contributed by atoms with Crippen LogP contribution in [0, 0.1) is 6.92 Å². The van der Waals surface area contributed by atoms with Gasteiger partial charge >= 0.3 is 0 Å². The molecule has 110 valence electrons. The Labute approximate surface area is 128 Å². The van der Waals surface area contributed by atoms with E-state index in [-0.39, 0.29) is 12.0 Å². The molecule has 0 atom stereocenters. The number of hydrogen-bond acceptors (Lipinski definition) is 4. The van der Waals surface area contributed by atoms with E-state index in [0.29, 0.717) is 30.8 Å². The predicted octanol–water partition coefficient (Wildman–Crippen LogP) is 2.72. The van der Waals surface area contributed by atoms with Crippen molar-refractivity contribution in [2.24, 2.45) is 0 Å². The molecule has 0 spiro atoms. The first-order valence-electron chi connectivity index (χ1n) is 7.15. The Hall–Kier alpha value is -1.72. The molecular formula is C16H18N2O2S. The summed E-state index contributed by atoms with van der Waals surface area (Å²) in [6.45, 7) is 3.13. The molecule has 4 nitrogen and oxygen atoms in total. The quantitative estimate of drug-likeness (QED) is 0.928. The number of carbonyl (C=O) groups is 1. The number of hydrogen-bond donors (Lipinski definition) is 1. The van der Waals surface area contributed by atoms with Crippen LogP contribution in [-0.4, -0.2) is 40.1 Å². The lowest BCUT2D eigenvalue weighted by atomic mass is 10.1. The number of thiazole rings is 1. The number of aliphatic hydroxyl groups excluding tert-OH is 1. The SMILES string of the molecule is Cc1nc(-c2ccccc2)sc1C(=O)N1CCC(O)CC1. The predicted molar refractivity (Wildman–Crippen MR) is 83.4 cm³/mol. The number of aliphatic hydroxyl groups is 1. The first kappa shape index (κ1) is 14.2. The molecule has 2 heterocycles. The topological polar surface area (TPSA) is 53.4 Å². The van der Waals surface area contributed by atoms with Gasteiger partial charge in [-0.15, -0.1) is 11.3 Å². The second-order valence-corrected chi connectivity index (χ2v) is 6.32. The summed E-state index contributed by atoms with van der Waals surface area (Å²) in [5.41, 5.74) is 1.83. The molecule has 0 radical (unpaired) electrons. The van der Waals surface area contributed by atoms with Crippen LogP contribution in [0.25, 0.3) is 10.6 Å². The van der Waals surface area contributed by atoms with Gasteiger partial charge in [0, 0.05) is 18.7 Å². The third-order valence-corrected chi connectivity index (χ3v) is 4.96. The zero-order chi connectivity index (χ0) is 14.8. The summed E-state index contributed by atoms with van der Waals surface area (Å²) < 4.78 is 0. The number of amides is 1. The maximum absolute atomic E-state index is 12.6. The van der Waals surface area contributed by atoms with E-state index in [4.69, 9.17) is 0 Å². The van der Waals surface area contributed by atoms with Crippen molar-refractivity contribution in [1.29, 1.82) is 0 Å². The van der Waals surface area contributed by atoms with E-state index in [9.17, 15) is 9.90 Å². The van der Waals surface area contributed by atoms with Crippen LogP contribution in [-0.2, 0) is 0 Å². The molecule has 1 aromatic carbocycles. The van der Waals surface area contributed by atoms with Crippen molar-refractivity contribution in [1.82, 2.24) is 9.88 Å².